The van der Waals surface area contributed by atoms with Crippen molar-refractivity contribution in [3.8, 4) is 0 Å². The monoisotopic (exact) mass is 346 g/mol. The lowest BCUT2D eigenvalue weighted by molar-refractivity contribution is -0.124. The molecular weight excluding hydrogens is 324 g/mol. The average molecular weight is 346 g/mol. The molecule has 0 saturated carbocycles. The van der Waals surface area contributed by atoms with Gasteiger partial charge in [-0.3, -0.25) is 25.1 Å². The zero-order valence-electron chi connectivity index (χ0n) is 14.4. The van der Waals surface area contributed by atoms with Gasteiger partial charge in [0.1, 0.15) is 5.57 Å². The molecule has 2 saturated heterocycles. The Hall–Kier alpha value is -2.45. The molecular formula is C17H22N4O4. The third kappa shape index (κ3) is 3.80. The summed E-state index contributed by atoms with van der Waals surface area (Å²) in [5.41, 5.74) is 2.38. The number of morpholine rings is 1. The highest BCUT2D eigenvalue weighted by Gasteiger charge is 2.31. The highest BCUT2D eigenvalue weighted by atomic mass is 16.5. The Balaban J connectivity index is 1.75. The molecule has 0 radical (unpaired) electrons. The molecule has 3 rings (SSSR count). The van der Waals surface area contributed by atoms with Gasteiger partial charge in [-0.1, -0.05) is 0 Å². The first-order valence-corrected chi connectivity index (χ1v) is 8.31. The number of barbiturate groups is 1. The number of allylic oxidation sites excluding steroid dienone is 5. The van der Waals surface area contributed by atoms with Gasteiger partial charge >= 0.3 is 6.03 Å². The summed E-state index contributed by atoms with van der Waals surface area (Å²) >= 11 is 0. The zero-order chi connectivity index (χ0) is 18.0. The lowest BCUT2D eigenvalue weighted by atomic mass is 10.00. The van der Waals surface area contributed by atoms with E-state index in [0.29, 0.717) is 5.57 Å². The van der Waals surface area contributed by atoms with Crippen molar-refractivity contribution < 1.29 is 19.1 Å². The summed E-state index contributed by atoms with van der Waals surface area (Å²) in [5, 5.41) is 4.22. The van der Waals surface area contributed by atoms with E-state index in [1.165, 1.54) is 0 Å². The smallest absolute Gasteiger partial charge is 0.328 e. The van der Waals surface area contributed by atoms with Gasteiger partial charge in [0, 0.05) is 37.6 Å². The van der Waals surface area contributed by atoms with Crippen LogP contribution in [-0.4, -0.2) is 67.0 Å². The van der Waals surface area contributed by atoms with Crippen LogP contribution in [0.3, 0.4) is 0 Å². The van der Waals surface area contributed by atoms with E-state index in [-0.39, 0.29) is 5.57 Å². The quantitative estimate of drug-likeness (QED) is 0.557. The van der Waals surface area contributed by atoms with Crippen molar-refractivity contribution in [2.45, 2.75) is 13.8 Å². The van der Waals surface area contributed by atoms with Gasteiger partial charge in [0.2, 0.25) is 0 Å². The molecule has 8 nitrogen and oxygen atoms in total. The number of carbonyl (C=O) groups is 3. The second-order valence-electron chi connectivity index (χ2n) is 6.24. The largest absolute Gasteiger partial charge is 0.379 e. The van der Waals surface area contributed by atoms with Crippen molar-refractivity contribution in [1.29, 1.82) is 0 Å². The highest BCUT2D eigenvalue weighted by Crippen LogP contribution is 2.25. The van der Waals surface area contributed by atoms with Gasteiger partial charge in [0.05, 0.1) is 13.2 Å². The molecule has 3 aliphatic heterocycles. The molecule has 2 N–H and O–H groups in total. The predicted molar refractivity (Wildman–Crippen MR) is 90.2 cm³/mol. The van der Waals surface area contributed by atoms with E-state index < -0.39 is 17.8 Å². The van der Waals surface area contributed by atoms with E-state index in [0.717, 1.165) is 50.8 Å². The topological polar surface area (TPSA) is 91.0 Å². The molecule has 0 aliphatic carbocycles. The van der Waals surface area contributed by atoms with E-state index >= 15 is 0 Å². The molecule has 2 fully saturated rings. The maximum atomic E-state index is 12.0. The normalized spacial score (nSPS) is 22.5. The molecule has 134 valence electrons. The summed E-state index contributed by atoms with van der Waals surface area (Å²) in [7, 11) is 0. The lowest BCUT2D eigenvalue weighted by Gasteiger charge is -2.34. The molecule has 25 heavy (non-hydrogen) atoms. The molecule has 4 amide bonds. The fraction of sp³-hybridized carbons (Fsp3) is 0.471. The van der Waals surface area contributed by atoms with E-state index in [1.807, 2.05) is 13.8 Å². The number of ether oxygens (including phenoxy) is 1. The van der Waals surface area contributed by atoms with Gasteiger partial charge < -0.3 is 9.64 Å². The van der Waals surface area contributed by atoms with Crippen LogP contribution in [0.2, 0.25) is 0 Å². The maximum Gasteiger partial charge on any atom is 0.328 e. The van der Waals surface area contributed by atoms with E-state index in [4.69, 9.17) is 4.74 Å². The number of hydrogen-bond acceptors (Lipinski definition) is 6. The number of amides is 4. The van der Waals surface area contributed by atoms with Crippen molar-refractivity contribution in [3.05, 3.63) is 34.7 Å². The van der Waals surface area contributed by atoms with Gasteiger partial charge in [-0.05, 0) is 31.6 Å². The molecule has 0 unspecified atom stereocenters. The van der Waals surface area contributed by atoms with Crippen molar-refractivity contribution in [2.75, 3.05) is 39.4 Å². The van der Waals surface area contributed by atoms with Crippen LogP contribution >= 0.6 is 0 Å². The number of imide groups is 2. The first kappa shape index (κ1) is 17.4. The molecule has 0 atom stereocenters. The Bertz CT molecular complexity index is 657. The van der Waals surface area contributed by atoms with Gasteiger partial charge in [-0.15, -0.1) is 0 Å². The Morgan fingerprint density at radius 3 is 2.08 bits per heavy atom. The van der Waals surface area contributed by atoms with E-state index in [1.54, 1.807) is 12.2 Å². The first-order valence-electron chi connectivity index (χ1n) is 8.31. The minimum absolute atomic E-state index is 0.0360. The third-order valence-electron chi connectivity index (χ3n) is 4.52. The minimum atomic E-state index is -0.788. The Morgan fingerprint density at radius 1 is 0.960 bits per heavy atom. The fourth-order valence-corrected chi connectivity index (χ4v) is 3.22. The van der Waals surface area contributed by atoms with E-state index in [9.17, 15) is 14.4 Å². The molecule has 0 aromatic carbocycles. The minimum Gasteiger partial charge on any atom is -0.379 e. The van der Waals surface area contributed by atoms with Crippen molar-refractivity contribution >= 4 is 17.8 Å². The predicted octanol–water partition coefficient (Wildman–Crippen LogP) is 0.104. The second kappa shape index (κ2) is 7.20. The van der Waals surface area contributed by atoms with Crippen LogP contribution in [-0.2, 0) is 14.3 Å². The van der Waals surface area contributed by atoms with Crippen LogP contribution in [0.4, 0.5) is 4.79 Å². The molecule has 0 aromatic rings. The van der Waals surface area contributed by atoms with Crippen molar-refractivity contribution in [1.82, 2.24) is 20.4 Å². The van der Waals surface area contributed by atoms with E-state index in [2.05, 4.69) is 20.4 Å². The lowest BCUT2D eigenvalue weighted by Crippen LogP contribution is -2.52. The van der Waals surface area contributed by atoms with Crippen molar-refractivity contribution in [2.24, 2.45) is 0 Å². The van der Waals surface area contributed by atoms with Gasteiger partial charge in [0.15, 0.2) is 0 Å². The summed E-state index contributed by atoms with van der Waals surface area (Å²) in [4.78, 5) is 39.7. The first-order chi connectivity index (χ1) is 12.0. The SMILES string of the molecule is CC1=CC(=C2C(=O)NC(=O)NC2=O)C=C(C)N1CCN1CCOCC1. The van der Waals surface area contributed by atoms with Gasteiger partial charge in [-0.25, -0.2) is 4.79 Å². The fourth-order valence-electron chi connectivity index (χ4n) is 3.22. The summed E-state index contributed by atoms with van der Waals surface area (Å²) < 4.78 is 5.36. The van der Waals surface area contributed by atoms with Crippen LogP contribution < -0.4 is 10.6 Å². The number of urea groups is 1. The molecule has 8 heteroatoms. The molecule has 0 aromatic heterocycles. The van der Waals surface area contributed by atoms with Crippen molar-refractivity contribution in [3.63, 3.8) is 0 Å². The molecule has 3 aliphatic rings. The van der Waals surface area contributed by atoms with Crippen LogP contribution in [0.15, 0.2) is 34.7 Å². The summed E-state index contributed by atoms with van der Waals surface area (Å²) in [6.07, 6.45) is 3.60. The van der Waals surface area contributed by atoms with Crippen LogP contribution in [0, 0.1) is 0 Å². The van der Waals surface area contributed by atoms with Crippen LogP contribution in [0.5, 0.6) is 0 Å². The highest BCUT2D eigenvalue weighted by molar-refractivity contribution is 6.29. The molecule has 3 heterocycles. The van der Waals surface area contributed by atoms with Gasteiger partial charge in [0.25, 0.3) is 11.8 Å². The average Bonchev–Trinajstić information content (AvgIpc) is 2.54. The van der Waals surface area contributed by atoms with Gasteiger partial charge in [-0.2, -0.15) is 0 Å². The second-order valence-corrected chi connectivity index (χ2v) is 6.24. The number of nitrogens with zero attached hydrogens (tertiary/aromatic N) is 2. The summed E-state index contributed by atoms with van der Waals surface area (Å²) in [5.74, 6) is -1.34. The number of nitrogens with one attached hydrogen (secondary N) is 2. The van der Waals surface area contributed by atoms with Crippen LogP contribution in [0.1, 0.15) is 13.8 Å². The van der Waals surface area contributed by atoms with Crippen LogP contribution in [0.25, 0.3) is 0 Å². The molecule has 0 bridgehead atoms. The number of rotatable bonds is 3. The Labute approximate surface area is 146 Å². The zero-order valence-corrected chi connectivity index (χ0v) is 14.4. The summed E-state index contributed by atoms with van der Waals surface area (Å²) in [6.45, 7) is 9.03. The maximum absolute atomic E-state index is 12.0. The third-order valence-corrected chi connectivity index (χ3v) is 4.52. The standard InChI is InChI=1S/C17H22N4O4/c1-11-9-13(14-15(22)18-17(24)19-16(14)23)10-12(2)21(11)4-3-20-5-7-25-8-6-20/h9-10H,3-8H2,1-2H3,(H2,18,19,22,23,24). The summed E-state index contributed by atoms with van der Waals surface area (Å²) in [6, 6.07) is -0.788. The number of hydrogen-bond donors (Lipinski definition) is 2. The Morgan fingerprint density at radius 2 is 1.52 bits per heavy atom. The number of carbonyl (C=O) groups excluding carboxylic acids is 3. The molecule has 0 spiro atoms. The Kier molecular flexibility index (Phi) is 5.00.